The molecular weight excluding hydrogens is 316 g/mol. The van der Waals surface area contributed by atoms with E-state index in [9.17, 15) is 9.90 Å². The van der Waals surface area contributed by atoms with Crippen molar-refractivity contribution < 1.29 is 14.3 Å². The summed E-state index contributed by atoms with van der Waals surface area (Å²) in [5, 5.41) is 14.9. The second-order valence-electron chi connectivity index (χ2n) is 6.44. The third kappa shape index (κ3) is 2.16. The quantitative estimate of drug-likeness (QED) is 0.524. The van der Waals surface area contributed by atoms with Crippen molar-refractivity contribution in [1.82, 2.24) is 10.3 Å². The molecule has 0 saturated heterocycles. The molecular formula is C20H16N2O3. The minimum absolute atomic E-state index is 0.315. The van der Waals surface area contributed by atoms with Crippen molar-refractivity contribution in [3.05, 3.63) is 71.6 Å². The highest BCUT2D eigenvalue weighted by atomic mass is 16.4. The van der Waals surface area contributed by atoms with Gasteiger partial charge in [0.05, 0.1) is 0 Å². The Kier molecular flexibility index (Phi) is 2.99. The molecule has 1 aliphatic heterocycles. The Morgan fingerprint density at radius 1 is 1.12 bits per heavy atom. The number of hydrogen-bond donors (Lipinski definition) is 3. The van der Waals surface area contributed by atoms with Crippen LogP contribution >= 0.6 is 0 Å². The number of aromatic amines is 1. The number of aromatic nitrogens is 1. The maximum Gasteiger partial charge on any atom is 0.321 e. The summed E-state index contributed by atoms with van der Waals surface area (Å²) in [5.74, 6) is -0.128. The molecule has 0 radical (unpaired) electrons. The Bertz CT molecular complexity index is 1080. The molecule has 0 aliphatic carbocycles. The number of benzene rings is 2. The fourth-order valence-electron chi connectivity index (χ4n) is 3.76. The highest BCUT2D eigenvalue weighted by Crippen LogP contribution is 2.37. The first-order chi connectivity index (χ1) is 12.2. The molecule has 1 aliphatic rings. The maximum atomic E-state index is 11.7. The molecule has 5 nitrogen and oxygen atoms in total. The largest absolute Gasteiger partial charge is 0.480 e. The summed E-state index contributed by atoms with van der Waals surface area (Å²) in [6.07, 6.45) is 0.450. The Hall–Kier alpha value is -3.05. The molecule has 4 aromatic rings. The summed E-state index contributed by atoms with van der Waals surface area (Å²) >= 11 is 0. The lowest BCUT2D eigenvalue weighted by Gasteiger charge is -2.27. The van der Waals surface area contributed by atoms with Crippen LogP contribution in [-0.2, 0) is 11.2 Å². The number of H-pyrrole nitrogens is 1. The van der Waals surface area contributed by atoms with Crippen LogP contribution in [0.5, 0.6) is 0 Å². The van der Waals surface area contributed by atoms with Gasteiger partial charge in [-0.05, 0) is 23.8 Å². The fourth-order valence-corrected chi connectivity index (χ4v) is 3.76. The van der Waals surface area contributed by atoms with Crippen molar-refractivity contribution >= 4 is 27.8 Å². The summed E-state index contributed by atoms with van der Waals surface area (Å²) in [6, 6.07) is 16.8. The van der Waals surface area contributed by atoms with E-state index in [0.29, 0.717) is 6.42 Å². The van der Waals surface area contributed by atoms with E-state index < -0.39 is 12.0 Å². The van der Waals surface area contributed by atoms with Crippen LogP contribution in [0.3, 0.4) is 0 Å². The number of carbonyl (C=O) groups is 1. The van der Waals surface area contributed by atoms with Crippen molar-refractivity contribution in [3.8, 4) is 0 Å². The average molecular weight is 332 g/mol. The van der Waals surface area contributed by atoms with Gasteiger partial charge in [-0.2, -0.15) is 0 Å². The number of para-hydroxylation sites is 2. The number of aliphatic carboxylic acids is 1. The van der Waals surface area contributed by atoms with E-state index in [1.54, 1.807) is 0 Å². The van der Waals surface area contributed by atoms with E-state index in [2.05, 4.69) is 10.3 Å². The summed E-state index contributed by atoms with van der Waals surface area (Å²) in [4.78, 5) is 15.1. The van der Waals surface area contributed by atoms with E-state index in [1.165, 1.54) is 0 Å². The molecule has 5 rings (SSSR count). The van der Waals surface area contributed by atoms with Crippen LogP contribution in [0.2, 0.25) is 0 Å². The monoisotopic (exact) mass is 332 g/mol. The topological polar surface area (TPSA) is 78.3 Å². The third-order valence-electron chi connectivity index (χ3n) is 4.94. The zero-order valence-corrected chi connectivity index (χ0v) is 13.3. The molecule has 0 fully saturated rings. The van der Waals surface area contributed by atoms with Gasteiger partial charge >= 0.3 is 5.97 Å². The van der Waals surface area contributed by atoms with Crippen LogP contribution in [-0.4, -0.2) is 22.1 Å². The lowest BCUT2D eigenvalue weighted by Crippen LogP contribution is -2.44. The molecule has 3 N–H and O–H groups in total. The molecule has 0 saturated carbocycles. The Labute approximate surface area is 143 Å². The maximum absolute atomic E-state index is 11.7. The minimum Gasteiger partial charge on any atom is -0.480 e. The third-order valence-corrected chi connectivity index (χ3v) is 4.94. The SMILES string of the molecule is O=C(O)[C@@H]1Cc2c([nH]c3ccccc23)[C@H](c2cc3ccccc3o2)N1. The van der Waals surface area contributed by atoms with Gasteiger partial charge in [-0.15, -0.1) is 0 Å². The van der Waals surface area contributed by atoms with Crippen LogP contribution in [0.15, 0.2) is 59.0 Å². The summed E-state index contributed by atoms with van der Waals surface area (Å²) in [5.41, 5.74) is 3.85. The van der Waals surface area contributed by atoms with Gasteiger partial charge in [0.2, 0.25) is 0 Å². The Balaban J connectivity index is 1.72. The van der Waals surface area contributed by atoms with Crippen LogP contribution in [0.25, 0.3) is 21.9 Å². The molecule has 25 heavy (non-hydrogen) atoms. The van der Waals surface area contributed by atoms with Crippen molar-refractivity contribution in [3.63, 3.8) is 0 Å². The highest BCUT2D eigenvalue weighted by Gasteiger charge is 2.35. The molecule has 5 heteroatoms. The number of furan rings is 1. The smallest absolute Gasteiger partial charge is 0.321 e. The summed E-state index contributed by atoms with van der Waals surface area (Å²) in [7, 11) is 0. The molecule has 3 heterocycles. The number of rotatable bonds is 2. The van der Waals surface area contributed by atoms with E-state index in [1.807, 2.05) is 54.6 Å². The van der Waals surface area contributed by atoms with Gasteiger partial charge in [-0.3, -0.25) is 10.1 Å². The van der Waals surface area contributed by atoms with Gasteiger partial charge in [-0.25, -0.2) is 0 Å². The van der Waals surface area contributed by atoms with Crippen LogP contribution < -0.4 is 5.32 Å². The van der Waals surface area contributed by atoms with Crippen molar-refractivity contribution in [1.29, 1.82) is 0 Å². The minimum atomic E-state index is -0.850. The summed E-state index contributed by atoms with van der Waals surface area (Å²) in [6.45, 7) is 0. The molecule has 124 valence electrons. The molecule has 2 aromatic carbocycles. The first-order valence-electron chi connectivity index (χ1n) is 8.27. The molecule has 0 amide bonds. The molecule has 0 bridgehead atoms. The van der Waals surface area contributed by atoms with E-state index >= 15 is 0 Å². The van der Waals surface area contributed by atoms with Crippen molar-refractivity contribution in [2.45, 2.75) is 18.5 Å². The Morgan fingerprint density at radius 2 is 1.92 bits per heavy atom. The molecule has 0 unspecified atom stereocenters. The van der Waals surface area contributed by atoms with Gasteiger partial charge in [0, 0.05) is 28.4 Å². The zero-order chi connectivity index (χ0) is 17.0. The summed E-state index contributed by atoms with van der Waals surface area (Å²) < 4.78 is 6.01. The van der Waals surface area contributed by atoms with E-state index in [0.717, 1.165) is 38.9 Å². The number of fused-ring (bicyclic) bond motifs is 4. The standard InChI is InChI=1S/C20H16N2O3/c23-20(24)15-10-13-12-6-2-3-7-14(12)21-18(13)19(22-15)17-9-11-5-1-4-8-16(11)25-17/h1-9,15,19,21-22H,10H2,(H,23,24)/t15-,19-/m0/s1. The van der Waals surface area contributed by atoms with Gasteiger partial charge in [0.1, 0.15) is 23.4 Å². The lowest BCUT2D eigenvalue weighted by molar-refractivity contribution is -0.139. The van der Waals surface area contributed by atoms with Crippen LogP contribution in [0.1, 0.15) is 23.1 Å². The van der Waals surface area contributed by atoms with Gasteiger partial charge < -0.3 is 14.5 Å². The number of hydrogen-bond acceptors (Lipinski definition) is 3. The first-order valence-corrected chi connectivity index (χ1v) is 8.27. The van der Waals surface area contributed by atoms with Crippen LogP contribution in [0.4, 0.5) is 0 Å². The van der Waals surface area contributed by atoms with Gasteiger partial charge in [0.25, 0.3) is 0 Å². The Morgan fingerprint density at radius 3 is 2.76 bits per heavy atom. The molecule has 2 aromatic heterocycles. The van der Waals surface area contributed by atoms with Crippen molar-refractivity contribution in [2.24, 2.45) is 0 Å². The number of carboxylic acids is 1. The van der Waals surface area contributed by atoms with E-state index in [4.69, 9.17) is 4.42 Å². The fraction of sp³-hybridized carbons (Fsp3) is 0.150. The predicted molar refractivity (Wildman–Crippen MR) is 94.6 cm³/mol. The average Bonchev–Trinajstić information content (AvgIpc) is 3.22. The van der Waals surface area contributed by atoms with Crippen molar-refractivity contribution in [2.75, 3.05) is 0 Å². The lowest BCUT2D eigenvalue weighted by atomic mass is 9.93. The molecule has 2 atom stereocenters. The van der Waals surface area contributed by atoms with Gasteiger partial charge in [0.15, 0.2) is 0 Å². The number of nitrogens with one attached hydrogen (secondary N) is 2. The second kappa shape index (κ2) is 5.22. The van der Waals surface area contributed by atoms with E-state index in [-0.39, 0.29) is 6.04 Å². The predicted octanol–water partition coefficient (Wildman–Crippen LogP) is 3.60. The first kappa shape index (κ1) is 14.3. The zero-order valence-electron chi connectivity index (χ0n) is 13.3. The van der Waals surface area contributed by atoms with Gasteiger partial charge in [-0.1, -0.05) is 36.4 Å². The number of carboxylic acid groups (broad SMARTS) is 1. The molecule has 0 spiro atoms. The van der Waals surface area contributed by atoms with Crippen LogP contribution in [0, 0.1) is 0 Å². The second-order valence-corrected chi connectivity index (χ2v) is 6.44. The normalized spacial score (nSPS) is 20.0. The highest BCUT2D eigenvalue weighted by molar-refractivity contribution is 5.87.